The van der Waals surface area contributed by atoms with E-state index in [0.29, 0.717) is 12.6 Å². The topological polar surface area (TPSA) is 40.5 Å². The van der Waals surface area contributed by atoms with Gasteiger partial charge < -0.3 is 10.0 Å². The summed E-state index contributed by atoms with van der Waals surface area (Å²) in [5.74, 6) is 0.0220. The van der Waals surface area contributed by atoms with Crippen molar-refractivity contribution >= 4 is 23.3 Å². The molecule has 0 saturated heterocycles. The molecule has 1 aromatic rings. The number of amides is 1. The van der Waals surface area contributed by atoms with Crippen LogP contribution in [0.1, 0.15) is 36.1 Å². The third-order valence-electron chi connectivity index (χ3n) is 3.67. The van der Waals surface area contributed by atoms with E-state index in [1.54, 1.807) is 17.4 Å². The van der Waals surface area contributed by atoms with E-state index >= 15 is 0 Å². The van der Waals surface area contributed by atoms with Gasteiger partial charge in [0.25, 0.3) is 0 Å². The lowest BCUT2D eigenvalue weighted by Gasteiger charge is -2.27. The predicted molar refractivity (Wildman–Crippen MR) is 79.1 cm³/mol. The summed E-state index contributed by atoms with van der Waals surface area (Å²) in [7, 11) is 0. The number of carbonyl (C=O) groups is 1. The fraction of sp³-hybridized carbons (Fsp3) is 0.533. The van der Waals surface area contributed by atoms with E-state index in [1.165, 1.54) is 18.4 Å². The van der Waals surface area contributed by atoms with Crippen LogP contribution in [0.4, 0.5) is 0 Å². The van der Waals surface area contributed by atoms with Crippen molar-refractivity contribution in [1.82, 2.24) is 4.90 Å². The number of rotatable bonds is 5. The largest absolute Gasteiger partial charge is 0.395 e. The van der Waals surface area contributed by atoms with Crippen molar-refractivity contribution in [2.45, 2.75) is 38.6 Å². The second kappa shape index (κ2) is 6.87. The Kier molecular flexibility index (Phi) is 5.16. The highest BCUT2D eigenvalue weighted by Crippen LogP contribution is 2.24. The Morgan fingerprint density at radius 1 is 1.53 bits per heavy atom. The van der Waals surface area contributed by atoms with Gasteiger partial charge in [0.15, 0.2) is 0 Å². The maximum Gasteiger partial charge on any atom is 0.246 e. The van der Waals surface area contributed by atoms with E-state index < -0.39 is 0 Å². The van der Waals surface area contributed by atoms with Gasteiger partial charge in [-0.25, -0.2) is 0 Å². The zero-order valence-electron chi connectivity index (χ0n) is 11.3. The number of hydrogen-bond acceptors (Lipinski definition) is 3. The quantitative estimate of drug-likeness (QED) is 0.842. The standard InChI is InChI=1S/C15H21NO2S/c1-12-8-11-19-14(12)6-7-15(18)16(9-10-17)13-4-2-3-5-13/h6-8,11,13,17H,2-5,9-10H2,1H3. The number of nitrogens with zero attached hydrogens (tertiary/aromatic N) is 1. The molecule has 1 saturated carbocycles. The van der Waals surface area contributed by atoms with Crippen LogP contribution < -0.4 is 0 Å². The van der Waals surface area contributed by atoms with E-state index in [4.69, 9.17) is 5.11 Å². The first kappa shape index (κ1) is 14.3. The molecule has 2 rings (SSSR count). The Morgan fingerprint density at radius 3 is 2.84 bits per heavy atom. The summed E-state index contributed by atoms with van der Waals surface area (Å²) in [6.45, 7) is 2.52. The number of hydrogen-bond donors (Lipinski definition) is 1. The number of thiophene rings is 1. The summed E-state index contributed by atoms with van der Waals surface area (Å²) in [4.78, 5) is 15.2. The second-order valence-corrected chi connectivity index (χ2v) is 5.94. The minimum absolute atomic E-state index is 0.0220. The summed E-state index contributed by atoms with van der Waals surface area (Å²) >= 11 is 1.64. The van der Waals surface area contributed by atoms with Crippen LogP contribution in [0.3, 0.4) is 0 Å². The number of carbonyl (C=O) groups excluding carboxylic acids is 1. The molecule has 0 aromatic carbocycles. The van der Waals surface area contributed by atoms with E-state index in [-0.39, 0.29) is 12.5 Å². The summed E-state index contributed by atoms with van der Waals surface area (Å²) in [5, 5.41) is 11.2. The van der Waals surface area contributed by atoms with Crippen molar-refractivity contribution in [2.24, 2.45) is 0 Å². The molecule has 1 aliphatic rings. The number of aryl methyl sites for hydroxylation is 1. The molecule has 1 N–H and O–H groups in total. The molecule has 0 atom stereocenters. The van der Waals surface area contributed by atoms with Gasteiger partial charge in [-0.1, -0.05) is 12.8 Å². The summed E-state index contributed by atoms with van der Waals surface area (Å²) < 4.78 is 0. The Morgan fingerprint density at radius 2 is 2.26 bits per heavy atom. The van der Waals surface area contributed by atoms with Gasteiger partial charge in [0.2, 0.25) is 5.91 Å². The molecule has 1 aromatic heterocycles. The van der Waals surface area contributed by atoms with Crippen LogP contribution in [0.15, 0.2) is 17.5 Å². The van der Waals surface area contributed by atoms with Gasteiger partial charge in [0.1, 0.15) is 0 Å². The van der Waals surface area contributed by atoms with Crippen LogP contribution in [-0.4, -0.2) is 35.1 Å². The minimum atomic E-state index is 0.0220. The molecule has 4 heteroatoms. The monoisotopic (exact) mass is 279 g/mol. The molecule has 3 nitrogen and oxygen atoms in total. The third-order valence-corrected chi connectivity index (χ3v) is 4.65. The number of aliphatic hydroxyl groups is 1. The summed E-state index contributed by atoms with van der Waals surface area (Å²) in [6, 6.07) is 2.37. The van der Waals surface area contributed by atoms with Crippen LogP contribution in [-0.2, 0) is 4.79 Å². The lowest BCUT2D eigenvalue weighted by molar-refractivity contribution is -0.128. The van der Waals surface area contributed by atoms with Crippen LogP contribution in [0.25, 0.3) is 6.08 Å². The minimum Gasteiger partial charge on any atom is -0.395 e. The maximum absolute atomic E-state index is 12.3. The first-order valence-electron chi connectivity index (χ1n) is 6.86. The van der Waals surface area contributed by atoms with Crippen molar-refractivity contribution in [2.75, 3.05) is 13.2 Å². The smallest absolute Gasteiger partial charge is 0.246 e. The molecular weight excluding hydrogens is 258 g/mol. The van der Waals surface area contributed by atoms with Gasteiger partial charge in [-0.3, -0.25) is 4.79 Å². The zero-order valence-corrected chi connectivity index (χ0v) is 12.2. The fourth-order valence-electron chi connectivity index (χ4n) is 2.59. The maximum atomic E-state index is 12.3. The van der Waals surface area contributed by atoms with Crippen LogP contribution in [0, 0.1) is 6.92 Å². The van der Waals surface area contributed by atoms with E-state index in [9.17, 15) is 4.79 Å². The van der Waals surface area contributed by atoms with E-state index in [0.717, 1.165) is 17.7 Å². The Bertz CT molecular complexity index is 447. The van der Waals surface area contributed by atoms with Crippen LogP contribution >= 0.6 is 11.3 Å². The van der Waals surface area contributed by atoms with Gasteiger partial charge in [-0.2, -0.15) is 0 Å². The van der Waals surface area contributed by atoms with Crippen molar-refractivity contribution in [3.8, 4) is 0 Å². The predicted octanol–water partition coefficient (Wildman–Crippen LogP) is 2.83. The molecule has 1 amide bonds. The van der Waals surface area contributed by atoms with Crippen molar-refractivity contribution in [3.05, 3.63) is 28.0 Å². The summed E-state index contributed by atoms with van der Waals surface area (Å²) in [5.41, 5.74) is 1.20. The Hall–Kier alpha value is -1.13. The highest BCUT2D eigenvalue weighted by molar-refractivity contribution is 7.11. The summed E-state index contributed by atoms with van der Waals surface area (Å²) in [6.07, 6.45) is 8.05. The van der Waals surface area contributed by atoms with E-state index in [1.807, 2.05) is 23.3 Å². The molecule has 0 spiro atoms. The molecule has 0 bridgehead atoms. The fourth-order valence-corrected chi connectivity index (χ4v) is 3.41. The molecular formula is C15H21NO2S. The normalized spacial score (nSPS) is 16.3. The molecule has 0 aliphatic heterocycles. The lowest BCUT2D eigenvalue weighted by Crippen LogP contribution is -2.39. The van der Waals surface area contributed by atoms with Crippen molar-refractivity contribution < 1.29 is 9.90 Å². The molecule has 1 fully saturated rings. The highest BCUT2D eigenvalue weighted by atomic mass is 32.1. The molecule has 1 aliphatic carbocycles. The molecule has 104 valence electrons. The Labute approximate surface area is 118 Å². The molecule has 1 heterocycles. The Balaban J connectivity index is 2.02. The lowest BCUT2D eigenvalue weighted by atomic mass is 10.2. The van der Waals surface area contributed by atoms with Crippen molar-refractivity contribution in [1.29, 1.82) is 0 Å². The molecule has 19 heavy (non-hydrogen) atoms. The average Bonchev–Trinajstić information content (AvgIpc) is 3.04. The second-order valence-electron chi connectivity index (χ2n) is 4.99. The van der Waals surface area contributed by atoms with E-state index in [2.05, 4.69) is 6.07 Å². The van der Waals surface area contributed by atoms with Gasteiger partial charge in [-0.15, -0.1) is 11.3 Å². The van der Waals surface area contributed by atoms with Gasteiger partial charge in [0, 0.05) is 23.5 Å². The van der Waals surface area contributed by atoms with Crippen LogP contribution in [0.2, 0.25) is 0 Å². The number of aliphatic hydroxyl groups excluding tert-OH is 1. The van der Waals surface area contributed by atoms with Gasteiger partial charge in [0.05, 0.1) is 6.61 Å². The first-order chi connectivity index (χ1) is 9.22. The average molecular weight is 279 g/mol. The highest BCUT2D eigenvalue weighted by Gasteiger charge is 2.24. The first-order valence-corrected chi connectivity index (χ1v) is 7.74. The van der Waals surface area contributed by atoms with Crippen molar-refractivity contribution in [3.63, 3.8) is 0 Å². The molecule has 0 unspecified atom stereocenters. The zero-order chi connectivity index (χ0) is 13.7. The molecule has 0 radical (unpaired) electrons. The third kappa shape index (κ3) is 3.67. The van der Waals surface area contributed by atoms with Gasteiger partial charge in [-0.05, 0) is 42.9 Å². The van der Waals surface area contributed by atoms with Gasteiger partial charge >= 0.3 is 0 Å². The SMILES string of the molecule is Cc1ccsc1C=CC(=O)N(CCO)C1CCCC1. The van der Waals surface area contributed by atoms with Crippen LogP contribution in [0.5, 0.6) is 0 Å².